The zero-order valence-corrected chi connectivity index (χ0v) is 19.5. The maximum Gasteiger partial charge on any atom is 0.414 e. The van der Waals surface area contributed by atoms with E-state index in [1.807, 2.05) is 13.0 Å². The first kappa shape index (κ1) is 24.3. The largest absolute Gasteiger partial charge is 0.414 e. The summed E-state index contributed by atoms with van der Waals surface area (Å²) in [6, 6.07) is 6.61. The molecule has 3 heterocycles. The molecule has 1 aliphatic rings. The van der Waals surface area contributed by atoms with Crippen LogP contribution in [0.3, 0.4) is 0 Å². The molecule has 0 radical (unpaired) electrons. The Labute approximate surface area is 201 Å². The molecule has 0 bridgehead atoms. The van der Waals surface area contributed by atoms with Crippen LogP contribution >= 0.6 is 0 Å². The van der Waals surface area contributed by atoms with Gasteiger partial charge in [-0.3, -0.25) is 19.2 Å². The van der Waals surface area contributed by atoms with E-state index in [4.69, 9.17) is 4.74 Å². The van der Waals surface area contributed by atoms with Gasteiger partial charge < -0.3 is 10.1 Å². The Morgan fingerprint density at radius 2 is 2.06 bits per heavy atom. The predicted octanol–water partition coefficient (Wildman–Crippen LogP) is 4.63. The molecule has 0 saturated heterocycles. The molecule has 8 nitrogen and oxygen atoms in total. The van der Waals surface area contributed by atoms with Crippen LogP contribution in [0.1, 0.15) is 54.4 Å². The molecule has 1 N–H and O–H groups in total. The van der Waals surface area contributed by atoms with Crippen LogP contribution in [-0.2, 0) is 19.5 Å². The lowest BCUT2D eigenvalue weighted by Crippen LogP contribution is -2.34. The van der Waals surface area contributed by atoms with Gasteiger partial charge in [0.2, 0.25) is 5.88 Å². The number of rotatable bonds is 8. The molecule has 4 rings (SSSR count). The van der Waals surface area contributed by atoms with Gasteiger partial charge in [0.15, 0.2) is 17.5 Å². The maximum absolute atomic E-state index is 13.9. The van der Waals surface area contributed by atoms with E-state index in [1.165, 1.54) is 11.0 Å². The normalized spacial score (nSPS) is 12.7. The Morgan fingerprint density at radius 3 is 2.80 bits per heavy atom. The summed E-state index contributed by atoms with van der Waals surface area (Å²) in [5.41, 5.74) is 0.788. The van der Waals surface area contributed by atoms with Gasteiger partial charge in [0.05, 0.1) is 0 Å². The molecule has 2 aromatic heterocycles. The second kappa shape index (κ2) is 11.1. The molecule has 10 heteroatoms. The van der Waals surface area contributed by atoms with Crippen LogP contribution in [0.25, 0.3) is 0 Å². The number of carbonyl (C=O) groups excluding carboxylic acids is 2. The fourth-order valence-corrected chi connectivity index (χ4v) is 3.93. The van der Waals surface area contributed by atoms with Gasteiger partial charge in [-0.2, -0.15) is 0 Å². The second-order valence-electron chi connectivity index (χ2n) is 8.31. The van der Waals surface area contributed by atoms with E-state index < -0.39 is 23.6 Å². The third-order valence-corrected chi connectivity index (χ3v) is 5.77. The lowest BCUT2D eigenvalue weighted by atomic mass is 10.1. The number of aryl methyl sites for hydroxylation is 1. The standard InChI is InChI=1S/C25H27F2N5O3/c1-2-3-12-32(23(33)18-9-10-19(26)20(27)14-18)22-24(31-13-5-4-8-21(31)30-22)35-25(34)29-16-17-7-6-11-28-15-17/h6-7,9-11,14-15H,2-5,8,12-13,16H2,1H3,(H,29,34). The number of unbranched alkanes of at least 4 members (excludes halogenated alkanes) is 1. The summed E-state index contributed by atoms with van der Waals surface area (Å²) in [5, 5.41) is 2.69. The molecule has 1 aliphatic heterocycles. The van der Waals surface area contributed by atoms with Gasteiger partial charge in [0.1, 0.15) is 5.82 Å². The van der Waals surface area contributed by atoms with Crippen LogP contribution in [0.15, 0.2) is 42.7 Å². The third kappa shape index (κ3) is 5.64. The summed E-state index contributed by atoms with van der Waals surface area (Å²) in [5.74, 6) is -1.62. The number of halogens is 2. The van der Waals surface area contributed by atoms with E-state index in [0.29, 0.717) is 25.2 Å². The van der Waals surface area contributed by atoms with Crippen LogP contribution < -0.4 is 15.0 Å². The Bertz CT molecular complexity index is 1200. The summed E-state index contributed by atoms with van der Waals surface area (Å²) in [4.78, 5) is 36.1. The van der Waals surface area contributed by atoms with Gasteiger partial charge in [0, 0.05) is 44.0 Å². The summed E-state index contributed by atoms with van der Waals surface area (Å²) < 4.78 is 34.8. The van der Waals surface area contributed by atoms with E-state index in [-0.39, 0.29) is 30.4 Å². The van der Waals surface area contributed by atoms with Crippen LogP contribution in [-0.4, -0.2) is 33.1 Å². The predicted molar refractivity (Wildman–Crippen MR) is 125 cm³/mol. The van der Waals surface area contributed by atoms with Gasteiger partial charge in [-0.25, -0.2) is 18.6 Å². The quantitative estimate of drug-likeness (QED) is 0.505. The SMILES string of the molecule is CCCCN(C(=O)c1ccc(F)c(F)c1)c1nc2n(c1OC(=O)NCc1cccnc1)CCCC2. The van der Waals surface area contributed by atoms with E-state index in [9.17, 15) is 18.4 Å². The monoisotopic (exact) mass is 483 g/mol. The van der Waals surface area contributed by atoms with Crippen LogP contribution in [0.5, 0.6) is 5.88 Å². The summed E-state index contributed by atoms with van der Waals surface area (Å²) in [6.45, 7) is 3.06. The fourth-order valence-electron chi connectivity index (χ4n) is 3.93. The molecule has 0 aliphatic carbocycles. The van der Waals surface area contributed by atoms with Crippen molar-refractivity contribution < 1.29 is 23.1 Å². The number of carbonyl (C=O) groups is 2. The van der Waals surface area contributed by atoms with E-state index in [0.717, 1.165) is 37.0 Å². The van der Waals surface area contributed by atoms with Crippen molar-refractivity contribution in [3.63, 3.8) is 0 Å². The molecule has 2 amide bonds. The molecule has 0 fully saturated rings. The highest BCUT2D eigenvalue weighted by molar-refractivity contribution is 6.06. The van der Waals surface area contributed by atoms with Crippen molar-refractivity contribution in [1.29, 1.82) is 0 Å². The molecular formula is C25H27F2N5O3. The number of anilines is 1. The van der Waals surface area contributed by atoms with Gasteiger partial charge in [-0.05, 0) is 49.1 Å². The molecule has 35 heavy (non-hydrogen) atoms. The maximum atomic E-state index is 13.9. The Hall–Kier alpha value is -3.82. The van der Waals surface area contributed by atoms with Crippen molar-refractivity contribution in [3.8, 4) is 5.88 Å². The second-order valence-corrected chi connectivity index (χ2v) is 8.31. The average Bonchev–Trinajstić information content (AvgIpc) is 3.23. The van der Waals surface area contributed by atoms with Crippen molar-refractivity contribution in [2.75, 3.05) is 11.4 Å². The highest BCUT2D eigenvalue weighted by Crippen LogP contribution is 2.34. The Kier molecular flexibility index (Phi) is 7.69. The first-order chi connectivity index (χ1) is 17.0. The van der Waals surface area contributed by atoms with Crippen molar-refractivity contribution in [1.82, 2.24) is 19.9 Å². The minimum absolute atomic E-state index is 0.0158. The first-order valence-electron chi connectivity index (χ1n) is 11.7. The average molecular weight is 484 g/mol. The number of benzene rings is 1. The molecule has 1 aromatic carbocycles. The van der Waals surface area contributed by atoms with E-state index in [1.54, 1.807) is 23.0 Å². The summed E-state index contributed by atoms with van der Waals surface area (Å²) >= 11 is 0. The number of amides is 2. The third-order valence-electron chi connectivity index (χ3n) is 5.77. The van der Waals surface area contributed by atoms with Crippen LogP contribution in [0.4, 0.5) is 19.4 Å². The van der Waals surface area contributed by atoms with E-state index >= 15 is 0 Å². The van der Waals surface area contributed by atoms with Gasteiger partial charge in [-0.1, -0.05) is 19.4 Å². The molecule has 184 valence electrons. The minimum atomic E-state index is -1.11. The fraction of sp³-hybridized carbons (Fsp3) is 0.360. The number of imidazole rings is 1. The number of ether oxygens (including phenoxy) is 1. The zero-order valence-electron chi connectivity index (χ0n) is 19.5. The molecule has 0 saturated carbocycles. The first-order valence-corrected chi connectivity index (χ1v) is 11.7. The lowest BCUT2D eigenvalue weighted by molar-refractivity contribution is 0.0984. The number of nitrogens with zero attached hydrogens (tertiary/aromatic N) is 4. The van der Waals surface area contributed by atoms with Crippen molar-refractivity contribution >= 4 is 17.8 Å². The highest BCUT2D eigenvalue weighted by Gasteiger charge is 2.30. The zero-order chi connectivity index (χ0) is 24.8. The highest BCUT2D eigenvalue weighted by atomic mass is 19.2. The minimum Gasteiger partial charge on any atom is -0.389 e. The topological polar surface area (TPSA) is 89.4 Å². The molecule has 3 aromatic rings. The Balaban J connectivity index is 1.64. The van der Waals surface area contributed by atoms with Gasteiger partial charge >= 0.3 is 6.09 Å². The molecule has 0 atom stereocenters. The smallest absolute Gasteiger partial charge is 0.389 e. The number of hydrogen-bond donors (Lipinski definition) is 1. The van der Waals surface area contributed by atoms with Crippen molar-refractivity contribution in [2.24, 2.45) is 0 Å². The van der Waals surface area contributed by atoms with Crippen molar-refractivity contribution in [2.45, 2.75) is 52.1 Å². The van der Waals surface area contributed by atoms with Gasteiger partial charge in [-0.15, -0.1) is 0 Å². The number of aromatic nitrogens is 3. The number of pyridine rings is 1. The molecule has 0 unspecified atom stereocenters. The molecular weight excluding hydrogens is 456 g/mol. The number of hydrogen-bond acceptors (Lipinski definition) is 5. The number of fused-ring (bicyclic) bond motifs is 1. The Morgan fingerprint density at radius 1 is 1.20 bits per heavy atom. The van der Waals surface area contributed by atoms with Crippen LogP contribution in [0, 0.1) is 11.6 Å². The lowest BCUT2D eigenvalue weighted by Gasteiger charge is -2.22. The summed E-state index contributed by atoms with van der Waals surface area (Å²) in [6.07, 6.45) is 6.49. The van der Waals surface area contributed by atoms with Crippen molar-refractivity contribution in [3.05, 3.63) is 71.3 Å². The van der Waals surface area contributed by atoms with Crippen LogP contribution in [0.2, 0.25) is 0 Å². The number of nitrogens with one attached hydrogen (secondary N) is 1. The molecule has 0 spiro atoms. The van der Waals surface area contributed by atoms with Gasteiger partial charge in [0.25, 0.3) is 5.91 Å². The van der Waals surface area contributed by atoms with E-state index in [2.05, 4.69) is 15.3 Å². The summed E-state index contributed by atoms with van der Waals surface area (Å²) in [7, 11) is 0.